The highest BCUT2D eigenvalue weighted by Crippen LogP contribution is 2.07. The number of ether oxygens (including phenoxy) is 1. The second-order valence-corrected chi connectivity index (χ2v) is 5.98. The first-order chi connectivity index (χ1) is 11.2. The number of unbranched alkanes of at least 4 members (excludes halogenated alkanes) is 5. The highest BCUT2D eigenvalue weighted by Gasteiger charge is 2.26. The van der Waals surface area contributed by atoms with Crippen molar-refractivity contribution in [3.05, 3.63) is 12.2 Å². The third-order valence-electron chi connectivity index (χ3n) is 3.86. The van der Waals surface area contributed by atoms with E-state index in [1.165, 1.54) is 25.7 Å². The third kappa shape index (κ3) is 10.2. The molecule has 0 aromatic carbocycles. The van der Waals surface area contributed by atoms with Crippen molar-refractivity contribution >= 4 is 11.8 Å². The Morgan fingerprint density at radius 2 is 2.00 bits per heavy atom. The molecule has 0 aromatic rings. The Hall–Kier alpha value is -1.20. The van der Waals surface area contributed by atoms with Gasteiger partial charge in [-0.05, 0) is 25.7 Å². The van der Waals surface area contributed by atoms with Gasteiger partial charge in [0.2, 0.25) is 0 Å². The zero-order chi connectivity index (χ0) is 16.8. The standard InChI is InChI=1S/C18H31NO4/c1-2-3-4-5-6-7-8-9-10-11-16(20)12-15-23-19-17-13-14-22-18(17)21/h7-8,17,19H,2-6,9-15H2,1H3/b8-7-/t17-/m0/s1. The van der Waals surface area contributed by atoms with Crippen molar-refractivity contribution in [3.8, 4) is 0 Å². The first-order valence-electron chi connectivity index (χ1n) is 8.94. The lowest BCUT2D eigenvalue weighted by atomic mass is 10.1. The van der Waals surface area contributed by atoms with E-state index < -0.39 is 0 Å². The molecule has 1 saturated heterocycles. The van der Waals surface area contributed by atoms with Crippen LogP contribution in [-0.2, 0) is 19.2 Å². The first kappa shape index (κ1) is 19.8. The quantitative estimate of drug-likeness (QED) is 0.229. The van der Waals surface area contributed by atoms with Crippen molar-refractivity contribution in [2.45, 2.75) is 77.2 Å². The number of carbonyl (C=O) groups is 2. The Morgan fingerprint density at radius 1 is 1.22 bits per heavy atom. The molecule has 23 heavy (non-hydrogen) atoms. The molecule has 0 spiro atoms. The second-order valence-electron chi connectivity index (χ2n) is 5.98. The molecule has 1 atom stereocenters. The maximum absolute atomic E-state index is 11.7. The van der Waals surface area contributed by atoms with Crippen molar-refractivity contribution in [2.75, 3.05) is 13.2 Å². The zero-order valence-corrected chi connectivity index (χ0v) is 14.4. The van der Waals surface area contributed by atoms with Gasteiger partial charge in [-0.2, -0.15) is 5.48 Å². The van der Waals surface area contributed by atoms with Crippen LogP contribution in [-0.4, -0.2) is 31.0 Å². The highest BCUT2D eigenvalue weighted by molar-refractivity contribution is 5.78. The van der Waals surface area contributed by atoms with Crippen LogP contribution < -0.4 is 5.48 Å². The fourth-order valence-electron chi connectivity index (χ4n) is 2.39. The van der Waals surface area contributed by atoms with E-state index in [2.05, 4.69) is 24.6 Å². The third-order valence-corrected chi connectivity index (χ3v) is 3.86. The Labute approximate surface area is 139 Å². The maximum atomic E-state index is 11.7. The number of hydroxylamine groups is 1. The van der Waals surface area contributed by atoms with E-state index in [9.17, 15) is 9.59 Å². The zero-order valence-electron chi connectivity index (χ0n) is 14.4. The molecule has 5 nitrogen and oxygen atoms in total. The van der Waals surface area contributed by atoms with Crippen LogP contribution in [0.4, 0.5) is 0 Å². The molecule has 1 heterocycles. The van der Waals surface area contributed by atoms with Gasteiger partial charge in [0.25, 0.3) is 0 Å². The predicted octanol–water partition coefficient (Wildman–Crippen LogP) is 3.48. The summed E-state index contributed by atoms with van der Waals surface area (Å²) < 4.78 is 4.80. The summed E-state index contributed by atoms with van der Waals surface area (Å²) in [5.41, 5.74) is 2.65. The second kappa shape index (κ2) is 13.3. The molecule has 0 radical (unpaired) electrons. The summed E-state index contributed by atoms with van der Waals surface area (Å²) in [5, 5.41) is 0. The minimum Gasteiger partial charge on any atom is -0.464 e. The van der Waals surface area contributed by atoms with Crippen LogP contribution in [0, 0.1) is 0 Å². The molecule has 1 aliphatic heterocycles. The van der Waals surface area contributed by atoms with Gasteiger partial charge in [0.15, 0.2) is 0 Å². The van der Waals surface area contributed by atoms with E-state index in [0.29, 0.717) is 32.5 Å². The van der Waals surface area contributed by atoms with Crippen molar-refractivity contribution < 1.29 is 19.2 Å². The molecule has 1 fully saturated rings. The normalized spacial score (nSPS) is 17.8. The summed E-state index contributed by atoms with van der Waals surface area (Å²) in [4.78, 5) is 28.0. The van der Waals surface area contributed by atoms with Crippen molar-refractivity contribution in [1.29, 1.82) is 0 Å². The first-order valence-corrected chi connectivity index (χ1v) is 8.94. The van der Waals surface area contributed by atoms with E-state index in [4.69, 9.17) is 9.57 Å². The number of carbonyl (C=O) groups excluding carboxylic acids is 2. The maximum Gasteiger partial charge on any atom is 0.325 e. The topological polar surface area (TPSA) is 64.6 Å². The van der Waals surface area contributed by atoms with Crippen molar-refractivity contribution in [1.82, 2.24) is 5.48 Å². The van der Waals surface area contributed by atoms with Crippen LogP contribution in [0.3, 0.4) is 0 Å². The van der Waals surface area contributed by atoms with Gasteiger partial charge in [-0.25, -0.2) is 0 Å². The predicted molar refractivity (Wildman–Crippen MR) is 89.8 cm³/mol. The van der Waals surface area contributed by atoms with Crippen LogP contribution in [0.5, 0.6) is 0 Å². The molecule has 1 N–H and O–H groups in total. The summed E-state index contributed by atoms with van der Waals surface area (Å²) in [6, 6.07) is -0.382. The SMILES string of the molecule is CCCCCC/C=C\CCCC(=O)CCON[C@H]1CCOC1=O. The average Bonchev–Trinajstić information content (AvgIpc) is 2.95. The van der Waals surface area contributed by atoms with Gasteiger partial charge in [-0.1, -0.05) is 38.3 Å². The molecule has 0 aliphatic carbocycles. The summed E-state index contributed by atoms with van der Waals surface area (Å²) in [7, 11) is 0. The smallest absolute Gasteiger partial charge is 0.325 e. The van der Waals surface area contributed by atoms with E-state index >= 15 is 0 Å². The summed E-state index contributed by atoms with van der Waals surface area (Å²) in [6.45, 7) is 2.96. The van der Waals surface area contributed by atoms with E-state index in [1.807, 2.05) is 0 Å². The molecule has 1 rings (SSSR count). The van der Waals surface area contributed by atoms with Gasteiger partial charge in [0.05, 0.1) is 13.2 Å². The molecule has 0 bridgehead atoms. The van der Waals surface area contributed by atoms with E-state index in [1.54, 1.807) is 0 Å². The average molecular weight is 325 g/mol. The summed E-state index contributed by atoms with van der Waals surface area (Å²) >= 11 is 0. The van der Waals surface area contributed by atoms with E-state index in [-0.39, 0.29) is 17.8 Å². The minimum atomic E-state index is -0.382. The van der Waals surface area contributed by atoms with Crippen molar-refractivity contribution in [2.24, 2.45) is 0 Å². The van der Waals surface area contributed by atoms with Crippen molar-refractivity contribution in [3.63, 3.8) is 0 Å². The number of rotatable bonds is 14. The fourth-order valence-corrected chi connectivity index (χ4v) is 2.39. The molecule has 132 valence electrons. The van der Waals surface area contributed by atoms with Gasteiger partial charge in [-0.15, -0.1) is 0 Å². The van der Waals surface area contributed by atoms with Crippen LogP contribution in [0.2, 0.25) is 0 Å². The number of nitrogens with one attached hydrogen (secondary N) is 1. The molecular formula is C18H31NO4. The van der Waals surface area contributed by atoms with Gasteiger partial charge < -0.3 is 9.57 Å². The van der Waals surface area contributed by atoms with Crippen LogP contribution in [0.1, 0.15) is 71.1 Å². The number of esters is 1. The van der Waals surface area contributed by atoms with Gasteiger partial charge >= 0.3 is 5.97 Å². The Kier molecular flexibility index (Phi) is 11.4. The number of Topliss-reactive ketones (excluding diaryl/α,β-unsaturated/α-hetero) is 1. The number of cyclic esters (lactones) is 1. The molecule has 1 aliphatic rings. The summed E-state index contributed by atoms with van der Waals surface area (Å²) in [6.07, 6.45) is 14.2. The summed E-state index contributed by atoms with van der Waals surface area (Å²) in [5.74, 6) is -0.0741. The number of ketones is 1. The molecular weight excluding hydrogens is 294 g/mol. The Balaban J connectivity index is 1.88. The molecule has 0 aromatic heterocycles. The van der Waals surface area contributed by atoms with Gasteiger partial charge in [0, 0.05) is 19.3 Å². The fraction of sp³-hybridized carbons (Fsp3) is 0.778. The lowest BCUT2D eigenvalue weighted by Gasteiger charge is -2.08. The molecule has 0 amide bonds. The number of hydrogen-bond acceptors (Lipinski definition) is 5. The van der Waals surface area contributed by atoms with Crippen LogP contribution >= 0.6 is 0 Å². The molecule has 0 unspecified atom stereocenters. The highest BCUT2D eigenvalue weighted by atomic mass is 16.7. The van der Waals surface area contributed by atoms with Gasteiger partial charge in [-0.3, -0.25) is 9.59 Å². The van der Waals surface area contributed by atoms with Crippen LogP contribution in [0.15, 0.2) is 12.2 Å². The molecule has 0 saturated carbocycles. The Morgan fingerprint density at radius 3 is 2.70 bits per heavy atom. The Bertz CT molecular complexity index is 368. The molecule has 5 heteroatoms. The largest absolute Gasteiger partial charge is 0.464 e. The van der Waals surface area contributed by atoms with Gasteiger partial charge in [0.1, 0.15) is 11.8 Å². The number of allylic oxidation sites excluding steroid dienone is 2. The number of hydrogen-bond donors (Lipinski definition) is 1. The van der Waals surface area contributed by atoms with Crippen LogP contribution in [0.25, 0.3) is 0 Å². The lowest BCUT2D eigenvalue weighted by molar-refractivity contribution is -0.142. The van der Waals surface area contributed by atoms with E-state index in [0.717, 1.165) is 19.3 Å². The lowest BCUT2D eigenvalue weighted by Crippen LogP contribution is -2.33. The monoisotopic (exact) mass is 325 g/mol. The minimum absolute atomic E-state index is 0.206.